The number of piperidine rings is 1. The van der Waals surface area contributed by atoms with Crippen molar-refractivity contribution in [2.45, 2.75) is 18.9 Å². The van der Waals surface area contributed by atoms with Gasteiger partial charge in [0.15, 0.2) is 17.6 Å². The molecule has 1 aromatic rings. The first-order valence-corrected chi connectivity index (χ1v) is 8.50. The van der Waals surface area contributed by atoms with Gasteiger partial charge in [-0.3, -0.25) is 9.89 Å². The SMILES string of the molecule is C=CCN1CCC(NC(=NC)NCCOc2ccc(F)c(F)c2)CC1.I. The van der Waals surface area contributed by atoms with Crippen LogP contribution in [0.25, 0.3) is 0 Å². The third-order valence-electron chi connectivity index (χ3n) is 4.09. The molecule has 0 aliphatic carbocycles. The van der Waals surface area contributed by atoms with Crippen molar-refractivity contribution in [2.24, 2.45) is 4.99 Å². The van der Waals surface area contributed by atoms with E-state index in [1.165, 1.54) is 6.07 Å². The molecule has 146 valence electrons. The van der Waals surface area contributed by atoms with E-state index in [-0.39, 0.29) is 24.0 Å². The monoisotopic (exact) mass is 480 g/mol. The Bertz CT molecular complexity index is 593. The van der Waals surface area contributed by atoms with E-state index in [1.54, 1.807) is 7.05 Å². The summed E-state index contributed by atoms with van der Waals surface area (Å²) in [5, 5.41) is 6.57. The largest absolute Gasteiger partial charge is 0.492 e. The maximum atomic E-state index is 13.1. The Morgan fingerprint density at radius 1 is 1.35 bits per heavy atom. The van der Waals surface area contributed by atoms with Crippen LogP contribution < -0.4 is 15.4 Å². The number of rotatable bonds is 7. The fraction of sp³-hybridized carbons (Fsp3) is 0.500. The summed E-state index contributed by atoms with van der Waals surface area (Å²) in [6.45, 7) is 7.62. The van der Waals surface area contributed by atoms with E-state index < -0.39 is 11.6 Å². The van der Waals surface area contributed by atoms with Crippen molar-refractivity contribution < 1.29 is 13.5 Å². The van der Waals surface area contributed by atoms with Crippen molar-refractivity contribution in [1.29, 1.82) is 0 Å². The normalized spacial score (nSPS) is 15.9. The molecule has 0 bridgehead atoms. The maximum Gasteiger partial charge on any atom is 0.191 e. The van der Waals surface area contributed by atoms with Gasteiger partial charge in [-0.05, 0) is 25.0 Å². The smallest absolute Gasteiger partial charge is 0.191 e. The molecule has 1 heterocycles. The topological polar surface area (TPSA) is 48.9 Å². The molecule has 1 aliphatic rings. The average molecular weight is 480 g/mol. The van der Waals surface area contributed by atoms with Gasteiger partial charge in [0.05, 0.1) is 6.54 Å². The minimum Gasteiger partial charge on any atom is -0.492 e. The lowest BCUT2D eigenvalue weighted by Gasteiger charge is -2.32. The molecular formula is C18H27F2IN4O. The van der Waals surface area contributed by atoms with Gasteiger partial charge in [0.1, 0.15) is 12.4 Å². The van der Waals surface area contributed by atoms with Gasteiger partial charge in [-0.25, -0.2) is 8.78 Å². The third-order valence-corrected chi connectivity index (χ3v) is 4.09. The molecule has 0 amide bonds. The molecule has 1 saturated heterocycles. The highest BCUT2D eigenvalue weighted by Crippen LogP contribution is 2.15. The van der Waals surface area contributed by atoms with Crippen molar-refractivity contribution in [2.75, 3.05) is 39.8 Å². The fourth-order valence-electron chi connectivity index (χ4n) is 2.74. The van der Waals surface area contributed by atoms with Crippen LogP contribution in [0.2, 0.25) is 0 Å². The summed E-state index contributed by atoms with van der Waals surface area (Å²) in [5.74, 6) is -0.769. The van der Waals surface area contributed by atoms with E-state index in [2.05, 4.69) is 27.1 Å². The summed E-state index contributed by atoms with van der Waals surface area (Å²) in [4.78, 5) is 6.58. The number of hydrogen-bond acceptors (Lipinski definition) is 3. The highest BCUT2D eigenvalue weighted by atomic mass is 127. The second-order valence-electron chi connectivity index (χ2n) is 5.93. The average Bonchev–Trinajstić information content (AvgIpc) is 2.62. The molecule has 2 rings (SSSR count). The molecule has 26 heavy (non-hydrogen) atoms. The lowest BCUT2D eigenvalue weighted by Crippen LogP contribution is -2.49. The molecule has 1 aliphatic heterocycles. The van der Waals surface area contributed by atoms with Crippen LogP contribution in [0.15, 0.2) is 35.8 Å². The molecule has 1 fully saturated rings. The van der Waals surface area contributed by atoms with Crippen LogP contribution in [-0.2, 0) is 0 Å². The summed E-state index contributed by atoms with van der Waals surface area (Å²) in [6, 6.07) is 3.89. The van der Waals surface area contributed by atoms with Crippen LogP contribution >= 0.6 is 24.0 Å². The van der Waals surface area contributed by atoms with Gasteiger partial charge in [-0.1, -0.05) is 6.08 Å². The number of hydrogen-bond donors (Lipinski definition) is 2. The Morgan fingerprint density at radius 2 is 2.08 bits per heavy atom. The van der Waals surface area contributed by atoms with Crippen LogP contribution in [-0.4, -0.2) is 56.7 Å². The minimum absolute atomic E-state index is 0. The van der Waals surface area contributed by atoms with Gasteiger partial charge < -0.3 is 15.4 Å². The van der Waals surface area contributed by atoms with Crippen LogP contribution in [0.1, 0.15) is 12.8 Å². The summed E-state index contributed by atoms with van der Waals surface area (Å²) in [7, 11) is 1.72. The molecule has 8 heteroatoms. The third kappa shape index (κ3) is 7.45. The molecular weight excluding hydrogens is 453 g/mol. The minimum atomic E-state index is -0.911. The Hall–Kier alpha value is -1.42. The maximum absolute atomic E-state index is 13.1. The number of halogens is 3. The fourth-order valence-corrected chi connectivity index (χ4v) is 2.74. The van der Waals surface area contributed by atoms with Crippen molar-refractivity contribution >= 4 is 29.9 Å². The summed E-state index contributed by atoms with van der Waals surface area (Å²) >= 11 is 0. The molecule has 0 aromatic heterocycles. The van der Waals surface area contributed by atoms with Gasteiger partial charge >= 0.3 is 0 Å². The highest BCUT2D eigenvalue weighted by molar-refractivity contribution is 14.0. The van der Waals surface area contributed by atoms with Crippen LogP contribution in [0, 0.1) is 11.6 Å². The molecule has 5 nitrogen and oxygen atoms in total. The predicted octanol–water partition coefficient (Wildman–Crippen LogP) is 2.78. The van der Waals surface area contributed by atoms with E-state index >= 15 is 0 Å². The Morgan fingerprint density at radius 3 is 2.69 bits per heavy atom. The van der Waals surface area contributed by atoms with Gasteiger partial charge in [0.25, 0.3) is 0 Å². The van der Waals surface area contributed by atoms with Crippen molar-refractivity contribution in [3.63, 3.8) is 0 Å². The zero-order chi connectivity index (χ0) is 18.1. The van der Waals surface area contributed by atoms with Crippen LogP contribution in [0.3, 0.4) is 0 Å². The van der Waals surface area contributed by atoms with Crippen LogP contribution in [0.4, 0.5) is 8.78 Å². The Labute approximate surface area is 170 Å². The summed E-state index contributed by atoms with van der Waals surface area (Å²) in [6.07, 6.45) is 4.04. The van der Waals surface area contributed by atoms with E-state index in [1.807, 2.05) is 6.08 Å². The van der Waals surface area contributed by atoms with Crippen molar-refractivity contribution in [3.8, 4) is 5.75 Å². The van der Waals surface area contributed by atoms with Gasteiger partial charge in [-0.15, -0.1) is 30.6 Å². The van der Waals surface area contributed by atoms with Crippen molar-refractivity contribution in [1.82, 2.24) is 15.5 Å². The number of aliphatic imine (C=N–C) groups is 1. The molecule has 0 spiro atoms. The molecule has 0 radical (unpaired) electrons. The first-order chi connectivity index (χ1) is 12.1. The Kier molecular flexibility index (Phi) is 10.5. The van der Waals surface area contributed by atoms with E-state index in [9.17, 15) is 8.78 Å². The number of guanidine groups is 1. The summed E-state index contributed by atoms with van der Waals surface area (Å²) < 4.78 is 31.4. The first-order valence-electron chi connectivity index (χ1n) is 8.50. The van der Waals surface area contributed by atoms with Crippen LogP contribution in [0.5, 0.6) is 5.75 Å². The highest BCUT2D eigenvalue weighted by Gasteiger charge is 2.18. The zero-order valence-electron chi connectivity index (χ0n) is 15.0. The predicted molar refractivity (Wildman–Crippen MR) is 111 cm³/mol. The number of benzene rings is 1. The zero-order valence-corrected chi connectivity index (χ0v) is 17.3. The molecule has 0 saturated carbocycles. The standard InChI is InChI=1S/C18H26F2N4O.HI/c1-3-9-24-10-6-14(7-11-24)23-18(21-2)22-8-12-25-15-4-5-16(19)17(20)13-15;/h3-5,13-14H,1,6-12H2,2H3,(H2,21,22,23);1H. The lowest BCUT2D eigenvalue weighted by atomic mass is 10.1. The van der Waals surface area contributed by atoms with Gasteiger partial charge in [0.2, 0.25) is 0 Å². The molecule has 0 unspecified atom stereocenters. The molecule has 0 atom stereocenters. The second-order valence-corrected chi connectivity index (χ2v) is 5.93. The van der Waals surface area contributed by atoms with Gasteiger partial charge in [-0.2, -0.15) is 0 Å². The quantitative estimate of drug-likeness (QED) is 0.207. The number of nitrogens with zero attached hydrogens (tertiary/aromatic N) is 2. The molecule has 1 aromatic carbocycles. The van der Waals surface area contributed by atoms with Gasteiger partial charge in [0, 0.05) is 38.8 Å². The second kappa shape index (κ2) is 12.1. The van der Waals surface area contributed by atoms with E-state index in [0.717, 1.165) is 50.6 Å². The number of likely N-dealkylation sites (tertiary alicyclic amines) is 1. The van der Waals surface area contributed by atoms with E-state index in [4.69, 9.17) is 4.74 Å². The first kappa shape index (κ1) is 22.6. The number of nitrogens with one attached hydrogen (secondary N) is 2. The van der Waals surface area contributed by atoms with E-state index in [0.29, 0.717) is 24.9 Å². The lowest BCUT2D eigenvalue weighted by molar-refractivity contribution is 0.225. The summed E-state index contributed by atoms with van der Waals surface area (Å²) in [5.41, 5.74) is 0. The molecule has 2 N–H and O–H groups in total. The number of ether oxygens (including phenoxy) is 1. The van der Waals surface area contributed by atoms with Crippen molar-refractivity contribution in [3.05, 3.63) is 42.5 Å². The Balaban J connectivity index is 0.00000338.